The molecule has 0 aromatic carbocycles. The molecule has 3 rings (SSSR count). The molecule has 0 bridgehead atoms. The fraction of sp³-hybridized carbons (Fsp3) is 0.600. The number of anilines is 2. The first-order valence-corrected chi connectivity index (χ1v) is 7.68. The van der Waals surface area contributed by atoms with Gasteiger partial charge >= 0.3 is 0 Å². The molecule has 1 N–H and O–H groups in total. The number of hydrogen-bond acceptors (Lipinski definition) is 4. The number of imidazole rings is 1. The lowest BCUT2D eigenvalue weighted by Crippen LogP contribution is -2.14. The smallest absolute Gasteiger partial charge is 0.207 e. The number of hydrogen-bond donors (Lipinski definition) is 1. The van der Waals surface area contributed by atoms with Gasteiger partial charge in [0, 0.05) is 31.7 Å². The zero-order valence-corrected chi connectivity index (χ0v) is 12.5. The van der Waals surface area contributed by atoms with Gasteiger partial charge in [0.1, 0.15) is 0 Å². The molecule has 2 aromatic heterocycles. The highest BCUT2D eigenvalue weighted by atomic mass is 16.5. The lowest BCUT2D eigenvalue weighted by atomic mass is 9.95. The van der Waals surface area contributed by atoms with Gasteiger partial charge in [-0.1, -0.05) is 19.3 Å². The monoisotopic (exact) mass is 289 g/mol. The van der Waals surface area contributed by atoms with Gasteiger partial charge in [-0.3, -0.25) is 4.68 Å². The Morgan fingerprint density at radius 2 is 2.19 bits per heavy atom. The van der Waals surface area contributed by atoms with Crippen LogP contribution in [0.2, 0.25) is 0 Å². The molecular weight excluding hydrogens is 266 g/mol. The van der Waals surface area contributed by atoms with Crippen LogP contribution >= 0.6 is 0 Å². The minimum absolute atomic E-state index is 0.576. The van der Waals surface area contributed by atoms with Crippen molar-refractivity contribution in [1.82, 2.24) is 19.3 Å². The fourth-order valence-corrected chi connectivity index (χ4v) is 2.93. The second-order valence-electron chi connectivity index (χ2n) is 5.56. The molecule has 21 heavy (non-hydrogen) atoms. The van der Waals surface area contributed by atoms with E-state index in [4.69, 9.17) is 4.74 Å². The molecule has 6 heteroatoms. The van der Waals surface area contributed by atoms with Crippen LogP contribution in [0.5, 0.6) is 0 Å². The molecule has 6 nitrogen and oxygen atoms in total. The Morgan fingerprint density at radius 3 is 3.00 bits per heavy atom. The molecule has 1 aliphatic rings. The minimum Gasteiger partial charge on any atom is -0.383 e. The van der Waals surface area contributed by atoms with E-state index in [0.29, 0.717) is 12.6 Å². The summed E-state index contributed by atoms with van der Waals surface area (Å²) in [5.41, 5.74) is 0.967. The summed E-state index contributed by atoms with van der Waals surface area (Å²) in [6.07, 6.45) is 14.2. The van der Waals surface area contributed by atoms with Crippen molar-refractivity contribution in [2.75, 3.05) is 19.0 Å². The number of aromatic nitrogens is 4. The van der Waals surface area contributed by atoms with Gasteiger partial charge in [0.15, 0.2) is 0 Å². The summed E-state index contributed by atoms with van der Waals surface area (Å²) in [4.78, 5) is 4.45. The van der Waals surface area contributed by atoms with Crippen LogP contribution in [0.4, 0.5) is 11.6 Å². The van der Waals surface area contributed by atoms with Crippen molar-refractivity contribution in [2.45, 2.75) is 44.7 Å². The van der Waals surface area contributed by atoms with E-state index in [-0.39, 0.29) is 0 Å². The Balaban J connectivity index is 1.67. The molecular formula is C15H23N5O. The Morgan fingerprint density at radius 1 is 1.33 bits per heavy atom. The highest BCUT2D eigenvalue weighted by molar-refractivity contribution is 5.51. The Labute approximate surface area is 125 Å². The van der Waals surface area contributed by atoms with Crippen LogP contribution in [0, 0.1) is 0 Å². The van der Waals surface area contributed by atoms with Crippen LogP contribution in [-0.2, 0) is 11.3 Å². The van der Waals surface area contributed by atoms with Gasteiger partial charge in [0.05, 0.1) is 25.0 Å². The SMILES string of the molecule is COCCn1cc(Nc2nccn2C2CCCCC2)cn1. The number of nitrogens with zero attached hydrogens (tertiary/aromatic N) is 4. The maximum absolute atomic E-state index is 5.06. The molecule has 1 fully saturated rings. The van der Waals surface area contributed by atoms with E-state index in [0.717, 1.165) is 18.2 Å². The van der Waals surface area contributed by atoms with Crippen molar-refractivity contribution in [3.8, 4) is 0 Å². The lowest BCUT2D eigenvalue weighted by Gasteiger charge is -2.24. The average Bonchev–Trinajstić information content (AvgIpc) is 3.16. The molecule has 2 aromatic rings. The summed E-state index contributed by atoms with van der Waals surface area (Å²) in [5, 5.41) is 7.69. The van der Waals surface area contributed by atoms with Gasteiger partial charge < -0.3 is 14.6 Å². The third-order valence-electron chi connectivity index (χ3n) is 4.05. The average molecular weight is 289 g/mol. The normalized spacial score (nSPS) is 16.2. The van der Waals surface area contributed by atoms with Crippen LogP contribution in [0.1, 0.15) is 38.1 Å². The standard InChI is InChI=1S/C15H23N5O/c1-21-10-9-19-12-13(11-17-19)18-15-16-7-8-20(15)14-5-3-2-4-6-14/h7-8,11-12,14H,2-6,9-10H2,1H3,(H,16,18). The molecule has 0 spiro atoms. The molecule has 1 saturated carbocycles. The van der Waals surface area contributed by atoms with Crippen LogP contribution in [0.3, 0.4) is 0 Å². The Hall–Kier alpha value is -1.82. The largest absolute Gasteiger partial charge is 0.383 e. The van der Waals surface area contributed by atoms with E-state index in [9.17, 15) is 0 Å². The van der Waals surface area contributed by atoms with Crippen molar-refractivity contribution in [3.05, 3.63) is 24.8 Å². The van der Waals surface area contributed by atoms with Gasteiger partial charge in [-0.05, 0) is 12.8 Å². The van der Waals surface area contributed by atoms with E-state index in [1.165, 1.54) is 32.1 Å². The summed E-state index contributed by atoms with van der Waals surface area (Å²) in [6.45, 7) is 1.42. The second kappa shape index (κ2) is 6.76. The Bertz CT molecular complexity index is 556. The maximum Gasteiger partial charge on any atom is 0.207 e. The van der Waals surface area contributed by atoms with Crippen molar-refractivity contribution < 1.29 is 4.74 Å². The Kier molecular flexibility index (Phi) is 4.55. The van der Waals surface area contributed by atoms with Gasteiger partial charge in [-0.25, -0.2) is 4.98 Å². The van der Waals surface area contributed by atoms with Crippen LogP contribution < -0.4 is 5.32 Å². The molecule has 0 saturated heterocycles. The first-order chi connectivity index (χ1) is 10.4. The molecule has 0 aliphatic heterocycles. The predicted molar refractivity (Wildman–Crippen MR) is 81.7 cm³/mol. The van der Waals surface area contributed by atoms with Crippen LogP contribution in [-0.4, -0.2) is 33.0 Å². The predicted octanol–water partition coefficient (Wildman–Crippen LogP) is 2.97. The van der Waals surface area contributed by atoms with E-state index in [1.54, 1.807) is 7.11 Å². The topological polar surface area (TPSA) is 56.9 Å². The van der Waals surface area contributed by atoms with Gasteiger partial charge in [-0.2, -0.15) is 5.10 Å². The summed E-state index contributed by atoms with van der Waals surface area (Å²) in [5.74, 6) is 0.910. The molecule has 0 unspecified atom stereocenters. The molecule has 0 atom stereocenters. The van der Waals surface area contributed by atoms with Crippen LogP contribution in [0.25, 0.3) is 0 Å². The number of nitrogens with one attached hydrogen (secondary N) is 1. The van der Waals surface area contributed by atoms with E-state index in [1.807, 2.05) is 23.3 Å². The third-order valence-corrected chi connectivity index (χ3v) is 4.05. The first kappa shape index (κ1) is 14.1. The van der Waals surface area contributed by atoms with Crippen molar-refractivity contribution in [2.24, 2.45) is 0 Å². The number of methoxy groups -OCH3 is 1. The van der Waals surface area contributed by atoms with Crippen molar-refractivity contribution in [1.29, 1.82) is 0 Å². The van der Waals surface area contributed by atoms with Crippen molar-refractivity contribution >= 4 is 11.6 Å². The lowest BCUT2D eigenvalue weighted by molar-refractivity contribution is 0.183. The van der Waals surface area contributed by atoms with Crippen LogP contribution in [0.15, 0.2) is 24.8 Å². The maximum atomic E-state index is 5.06. The third kappa shape index (κ3) is 3.44. The summed E-state index contributed by atoms with van der Waals surface area (Å²) in [6, 6.07) is 0.576. The molecule has 0 amide bonds. The zero-order valence-electron chi connectivity index (χ0n) is 12.5. The second-order valence-corrected chi connectivity index (χ2v) is 5.56. The highest BCUT2D eigenvalue weighted by Crippen LogP contribution is 2.30. The van der Waals surface area contributed by atoms with Crippen molar-refractivity contribution in [3.63, 3.8) is 0 Å². The highest BCUT2D eigenvalue weighted by Gasteiger charge is 2.17. The molecule has 114 valence electrons. The fourth-order valence-electron chi connectivity index (χ4n) is 2.93. The van der Waals surface area contributed by atoms with E-state index < -0.39 is 0 Å². The summed E-state index contributed by atoms with van der Waals surface area (Å²) >= 11 is 0. The first-order valence-electron chi connectivity index (χ1n) is 7.68. The molecule has 0 radical (unpaired) electrons. The molecule has 1 aliphatic carbocycles. The quantitative estimate of drug-likeness (QED) is 0.888. The van der Waals surface area contributed by atoms with Gasteiger partial charge in [0.2, 0.25) is 5.95 Å². The number of ether oxygens (including phenoxy) is 1. The van der Waals surface area contributed by atoms with Gasteiger partial charge in [0.25, 0.3) is 0 Å². The molecule has 2 heterocycles. The summed E-state index contributed by atoms with van der Waals surface area (Å²) < 4.78 is 9.21. The minimum atomic E-state index is 0.576. The van der Waals surface area contributed by atoms with Gasteiger partial charge in [-0.15, -0.1) is 0 Å². The number of rotatable bonds is 6. The van der Waals surface area contributed by atoms with E-state index >= 15 is 0 Å². The zero-order chi connectivity index (χ0) is 14.5. The van der Waals surface area contributed by atoms with E-state index in [2.05, 4.69) is 26.2 Å². The summed E-state index contributed by atoms with van der Waals surface area (Å²) in [7, 11) is 1.70.